The Kier molecular flexibility index (Phi) is 14.0. The molecule has 12 aromatic carbocycles. The van der Waals surface area contributed by atoms with Crippen LogP contribution in [0.4, 0.5) is 103 Å². The third-order valence-electron chi connectivity index (χ3n) is 15.3. The minimum absolute atomic E-state index is 0.490. The zero-order chi connectivity index (χ0) is 58.3. The van der Waals surface area contributed by atoms with Crippen molar-refractivity contribution in [3.63, 3.8) is 0 Å². The van der Waals surface area contributed by atoms with Gasteiger partial charge in [-0.05, 0) is 264 Å². The van der Waals surface area contributed by atoms with Crippen LogP contribution in [-0.2, 0) is 5.41 Å². The van der Waals surface area contributed by atoms with Crippen molar-refractivity contribution in [2.45, 2.75) is 5.41 Å². The summed E-state index contributed by atoms with van der Waals surface area (Å²) in [5.41, 5.74) is 9.25. The van der Waals surface area contributed by atoms with Crippen LogP contribution in [0.1, 0.15) is 22.3 Å². The molecule has 0 heterocycles. The van der Waals surface area contributed by atoms with Crippen LogP contribution in [0, 0.1) is 46.5 Å². The van der Waals surface area contributed by atoms with Gasteiger partial charge in [-0.15, -0.1) is 0 Å². The molecule has 0 amide bonds. The van der Waals surface area contributed by atoms with E-state index in [2.05, 4.69) is 12.1 Å². The Labute approximate surface area is 485 Å². The summed E-state index contributed by atoms with van der Waals surface area (Å²) in [5, 5.41) is 0. The van der Waals surface area contributed by atoms with E-state index in [4.69, 9.17) is 0 Å². The SMILES string of the molecule is Fc1ccc(N(c2ccc(F)cc2)c2cc(N(c3ccc(F)cc3)c3ccc(F)cc3)cc(C3(c4cc(N(c5ccc(F)cc5)c5ccc(F)cc5)cc(N(c5ccc(F)cc5)c5ccc(F)cc5)c4)c4ccccc4-c4ccccc43)c2)cc1. The van der Waals surface area contributed by atoms with Gasteiger partial charge >= 0.3 is 0 Å². The zero-order valence-electron chi connectivity index (χ0n) is 44.9. The van der Waals surface area contributed by atoms with Gasteiger partial charge in [0.2, 0.25) is 0 Å². The van der Waals surface area contributed by atoms with Crippen LogP contribution < -0.4 is 19.6 Å². The molecule has 1 aliphatic carbocycles. The number of benzene rings is 12. The smallest absolute Gasteiger partial charge is 0.123 e. The molecule has 0 radical (unpaired) electrons. The number of rotatable bonds is 14. The molecule has 0 bridgehead atoms. The zero-order valence-corrected chi connectivity index (χ0v) is 44.9. The van der Waals surface area contributed by atoms with Gasteiger partial charge in [0.15, 0.2) is 0 Å². The first-order valence-electron chi connectivity index (χ1n) is 27.1. The number of hydrogen-bond donors (Lipinski definition) is 0. The van der Waals surface area contributed by atoms with Crippen LogP contribution in [0.15, 0.2) is 279 Å². The standard InChI is InChI=1S/C73H46F8N4/c74-49-9-25-57(26-10-49)82(58-27-11-50(75)12-28-58)65-41-47(42-66(45-65)83(59-29-13-51(76)14-30-59)60-31-15-52(77)16-32-60)73(71-7-3-1-5-69(71)70-6-2-4-8-72(70)73)48-43-67(84(61-33-17-53(78)18-34-61)62-35-19-54(79)20-36-62)46-68(44-48)85(63-37-21-55(80)22-38-63)64-39-23-56(81)24-40-64/h1-46H. The number of halogens is 8. The molecule has 4 nitrogen and oxygen atoms in total. The Balaban J connectivity index is 1.20. The van der Waals surface area contributed by atoms with E-state index in [1.54, 1.807) is 97.1 Å². The van der Waals surface area contributed by atoms with Crippen molar-refractivity contribution in [2.24, 2.45) is 0 Å². The van der Waals surface area contributed by atoms with Gasteiger partial charge in [0.1, 0.15) is 46.5 Å². The first kappa shape index (κ1) is 53.6. The van der Waals surface area contributed by atoms with Crippen molar-refractivity contribution in [1.29, 1.82) is 0 Å². The van der Waals surface area contributed by atoms with E-state index in [0.717, 1.165) is 22.3 Å². The molecule has 0 saturated carbocycles. The van der Waals surface area contributed by atoms with E-state index >= 15 is 35.1 Å². The Hall–Kier alpha value is -10.7. The molecule has 12 heteroatoms. The van der Waals surface area contributed by atoms with Gasteiger partial charge in [-0.1, -0.05) is 48.5 Å². The van der Waals surface area contributed by atoms with Crippen LogP contribution in [0.2, 0.25) is 0 Å². The maximum Gasteiger partial charge on any atom is 0.123 e. The lowest BCUT2D eigenvalue weighted by atomic mass is 9.67. The molecular formula is C73H46F8N4. The third kappa shape index (κ3) is 10.2. The largest absolute Gasteiger partial charge is 0.310 e. The van der Waals surface area contributed by atoms with Crippen molar-refractivity contribution in [3.8, 4) is 11.1 Å². The number of fused-ring (bicyclic) bond motifs is 3. The molecule has 1 aliphatic rings. The van der Waals surface area contributed by atoms with E-state index < -0.39 is 52.0 Å². The van der Waals surface area contributed by atoms with Crippen LogP contribution in [0.5, 0.6) is 0 Å². The van der Waals surface area contributed by atoms with Gasteiger partial charge in [0, 0.05) is 68.2 Å². The van der Waals surface area contributed by atoms with Crippen LogP contribution >= 0.6 is 0 Å². The second-order valence-corrected chi connectivity index (χ2v) is 20.5. The monoisotopic (exact) mass is 1130 g/mol. The molecule has 0 spiro atoms. The van der Waals surface area contributed by atoms with Crippen molar-refractivity contribution in [1.82, 2.24) is 0 Å². The second kappa shape index (κ2) is 22.2. The topological polar surface area (TPSA) is 13.0 Å². The quantitative estimate of drug-likeness (QED) is 0.101. The predicted octanol–water partition coefficient (Wildman–Crippen LogP) is 21.0. The predicted molar refractivity (Wildman–Crippen MR) is 322 cm³/mol. The molecule has 13 rings (SSSR count). The van der Waals surface area contributed by atoms with Crippen molar-refractivity contribution >= 4 is 68.2 Å². The summed E-state index contributed by atoms with van der Waals surface area (Å²) in [6.07, 6.45) is 0. The molecule has 0 N–H and O–H groups in total. The summed E-state index contributed by atoms with van der Waals surface area (Å²) in [4.78, 5) is 7.49. The highest BCUT2D eigenvalue weighted by molar-refractivity contribution is 5.92. The maximum absolute atomic E-state index is 15.1. The van der Waals surface area contributed by atoms with Crippen molar-refractivity contribution in [2.75, 3.05) is 19.6 Å². The van der Waals surface area contributed by atoms with Gasteiger partial charge in [0.25, 0.3) is 0 Å². The molecule has 12 aromatic rings. The summed E-state index contributed by atoms with van der Waals surface area (Å²) in [7, 11) is 0. The Morgan fingerprint density at radius 1 is 0.188 bits per heavy atom. The average Bonchev–Trinajstić information content (AvgIpc) is 2.14. The summed E-state index contributed by atoms with van der Waals surface area (Å²) in [5.74, 6) is -3.92. The minimum Gasteiger partial charge on any atom is -0.310 e. The van der Waals surface area contributed by atoms with Gasteiger partial charge in [-0.25, -0.2) is 35.1 Å². The van der Waals surface area contributed by atoms with Gasteiger partial charge in [-0.2, -0.15) is 0 Å². The van der Waals surface area contributed by atoms with E-state index in [-0.39, 0.29) is 0 Å². The molecule has 0 fully saturated rings. The van der Waals surface area contributed by atoms with Gasteiger partial charge in [-0.3, -0.25) is 0 Å². The van der Waals surface area contributed by atoms with E-state index in [1.165, 1.54) is 97.1 Å². The molecular weight excluding hydrogens is 1080 g/mol. The summed E-state index contributed by atoms with van der Waals surface area (Å²) < 4.78 is 121. The Morgan fingerprint density at radius 2 is 0.365 bits per heavy atom. The molecule has 0 aliphatic heterocycles. The first-order chi connectivity index (χ1) is 41.4. The highest BCUT2D eigenvalue weighted by Crippen LogP contribution is 2.59. The lowest BCUT2D eigenvalue weighted by Crippen LogP contribution is -2.30. The number of hydrogen-bond acceptors (Lipinski definition) is 4. The fraction of sp³-hybridized carbons (Fsp3) is 0.0137. The average molecular weight is 1130 g/mol. The van der Waals surface area contributed by atoms with E-state index in [0.29, 0.717) is 79.4 Å². The number of nitrogens with zero attached hydrogens (tertiary/aromatic N) is 4. The van der Waals surface area contributed by atoms with Crippen molar-refractivity contribution < 1.29 is 35.1 Å². The molecule has 0 aromatic heterocycles. The Morgan fingerprint density at radius 3 is 0.553 bits per heavy atom. The normalized spacial score (nSPS) is 12.1. The third-order valence-corrected chi connectivity index (χ3v) is 15.3. The lowest BCUT2D eigenvalue weighted by Gasteiger charge is -2.38. The van der Waals surface area contributed by atoms with Gasteiger partial charge in [0.05, 0.1) is 5.41 Å². The molecule has 0 unspecified atom stereocenters. The van der Waals surface area contributed by atoms with Crippen molar-refractivity contribution in [3.05, 3.63) is 348 Å². The van der Waals surface area contributed by atoms with Gasteiger partial charge < -0.3 is 19.6 Å². The summed E-state index contributed by atoms with van der Waals surface area (Å²) in [6.45, 7) is 0. The Bertz CT molecular complexity index is 3680. The molecule has 85 heavy (non-hydrogen) atoms. The second-order valence-electron chi connectivity index (χ2n) is 20.5. The molecule has 0 atom stereocenters. The van der Waals surface area contributed by atoms with E-state index in [1.807, 2.05) is 92.4 Å². The maximum atomic E-state index is 15.1. The van der Waals surface area contributed by atoms with E-state index in [9.17, 15) is 0 Å². The lowest BCUT2D eigenvalue weighted by molar-refractivity contribution is 0.627. The van der Waals surface area contributed by atoms with Crippen LogP contribution in [0.25, 0.3) is 11.1 Å². The highest BCUT2D eigenvalue weighted by Gasteiger charge is 2.47. The van der Waals surface area contributed by atoms with Crippen LogP contribution in [-0.4, -0.2) is 0 Å². The summed E-state index contributed by atoms with van der Waals surface area (Å²) >= 11 is 0. The fourth-order valence-electron chi connectivity index (χ4n) is 11.7. The van der Waals surface area contributed by atoms with Crippen LogP contribution in [0.3, 0.4) is 0 Å². The summed E-state index contributed by atoms with van der Waals surface area (Å²) in [6, 6.07) is 75.1. The molecule has 0 saturated heterocycles. The first-order valence-corrected chi connectivity index (χ1v) is 27.1. The fourth-order valence-corrected chi connectivity index (χ4v) is 11.7. The molecule has 414 valence electrons. The minimum atomic E-state index is -1.40. The number of anilines is 12. The highest BCUT2D eigenvalue weighted by atomic mass is 19.2.